The van der Waals surface area contributed by atoms with Gasteiger partial charge in [0, 0.05) is 12.6 Å². The second-order valence-electron chi connectivity index (χ2n) is 4.10. The third kappa shape index (κ3) is 3.03. The van der Waals surface area contributed by atoms with Gasteiger partial charge in [-0.2, -0.15) is 0 Å². The molecule has 1 saturated heterocycles. The molecule has 0 aromatic heterocycles. The zero-order valence-corrected chi connectivity index (χ0v) is 10.4. The van der Waals surface area contributed by atoms with E-state index in [1.165, 1.54) is 0 Å². The van der Waals surface area contributed by atoms with Gasteiger partial charge in [0.15, 0.2) is 11.5 Å². The Morgan fingerprint density at radius 2 is 2.06 bits per heavy atom. The summed E-state index contributed by atoms with van der Waals surface area (Å²) < 4.78 is 16.4. The maximum atomic E-state index is 5.95. The third-order valence-corrected chi connectivity index (χ3v) is 2.92. The molecule has 17 heavy (non-hydrogen) atoms. The predicted molar refractivity (Wildman–Crippen MR) is 66.1 cm³/mol. The lowest BCUT2D eigenvalue weighted by atomic mass is 10.1. The summed E-state index contributed by atoms with van der Waals surface area (Å²) in [5, 5.41) is 3.32. The fourth-order valence-corrected chi connectivity index (χ4v) is 1.98. The highest BCUT2D eigenvalue weighted by Gasteiger charge is 2.16. The van der Waals surface area contributed by atoms with Gasteiger partial charge in [0.05, 0.1) is 14.2 Å². The van der Waals surface area contributed by atoms with E-state index in [2.05, 4.69) is 5.32 Å². The van der Waals surface area contributed by atoms with Crippen LogP contribution in [0.5, 0.6) is 17.2 Å². The summed E-state index contributed by atoms with van der Waals surface area (Å²) in [6, 6.07) is 5.60. The number of methoxy groups -OCH3 is 2. The topological polar surface area (TPSA) is 39.7 Å². The van der Waals surface area contributed by atoms with Crippen molar-refractivity contribution in [3.8, 4) is 17.2 Å². The lowest BCUT2D eigenvalue weighted by Crippen LogP contribution is -2.37. The molecule has 1 N–H and O–H groups in total. The van der Waals surface area contributed by atoms with Gasteiger partial charge in [-0.25, -0.2) is 0 Å². The molecule has 0 bridgehead atoms. The largest absolute Gasteiger partial charge is 0.497 e. The van der Waals surface area contributed by atoms with Gasteiger partial charge >= 0.3 is 0 Å². The summed E-state index contributed by atoms with van der Waals surface area (Å²) in [7, 11) is 3.29. The van der Waals surface area contributed by atoms with E-state index >= 15 is 0 Å². The highest BCUT2D eigenvalue weighted by atomic mass is 16.5. The first-order valence-electron chi connectivity index (χ1n) is 5.93. The average molecular weight is 237 g/mol. The molecule has 0 aliphatic carbocycles. The molecular formula is C13H19NO3. The zero-order chi connectivity index (χ0) is 12.1. The minimum atomic E-state index is 0.213. The molecule has 1 aliphatic rings. The molecule has 1 unspecified atom stereocenters. The van der Waals surface area contributed by atoms with Gasteiger partial charge in [0.25, 0.3) is 0 Å². The summed E-state index contributed by atoms with van der Waals surface area (Å²) in [5.41, 5.74) is 0. The summed E-state index contributed by atoms with van der Waals surface area (Å²) in [4.78, 5) is 0. The van der Waals surface area contributed by atoms with Crippen LogP contribution < -0.4 is 19.5 Å². The molecule has 1 heterocycles. The monoisotopic (exact) mass is 237 g/mol. The normalized spacial score (nSPS) is 19.8. The minimum absolute atomic E-state index is 0.213. The second kappa shape index (κ2) is 5.77. The molecular weight excluding hydrogens is 218 g/mol. The molecule has 94 valence electrons. The number of rotatable bonds is 4. The van der Waals surface area contributed by atoms with Crippen LogP contribution in [0.2, 0.25) is 0 Å². The van der Waals surface area contributed by atoms with Crippen molar-refractivity contribution < 1.29 is 14.2 Å². The lowest BCUT2D eigenvalue weighted by molar-refractivity contribution is 0.160. The number of nitrogens with one attached hydrogen (secondary N) is 1. The molecule has 0 saturated carbocycles. The smallest absolute Gasteiger partial charge is 0.165 e. The Balaban J connectivity index is 2.11. The van der Waals surface area contributed by atoms with E-state index in [9.17, 15) is 0 Å². The summed E-state index contributed by atoms with van der Waals surface area (Å²) in [5.74, 6) is 2.28. The van der Waals surface area contributed by atoms with E-state index < -0.39 is 0 Å². The van der Waals surface area contributed by atoms with E-state index in [1.54, 1.807) is 14.2 Å². The fraction of sp³-hybridized carbons (Fsp3) is 0.538. The first-order valence-corrected chi connectivity index (χ1v) is 5.93. The van der Waals surface area contributed by atoms with Crippen LogP contribution in [0, 0.1) is 0 Å². The molecule has 0 amide bonds. The summed E-state index contributed by atoms with van der Waals surface area (Å²) in [6.07, 6.45) is 2.44. The van der Waals surface area contributed by atoms with E-state index in [0.29, 0.717) is 0 Å². The number of piperidine rings is 1. The molecule has 1 aromatic rings. The third-order valence-electron chi connectivity index (χ3n) is 2.92. The maximum absolute atomic E-state index is 5.95. The number of hydrogen-bond acceptors (Lipinski definition) is 4. The molecule has 0 radical (unpaired) electrons. The molecule has 1 aliphatic heterocycles. The summed E-state index contributed by atoms with van der Waals surface area (Å²) in [6.45, 7) is 1.97. The molecule has 1 aromatic carbocycles. The molecule has 1 atom stereocenters. The van der Waals surface area contributed by atoms with Crippen LogP contribution in [0.4, 0.5) is 0 Å². The minimum Gasteiger partial charge on any atom is -0.497 e. The number of benzene rings is 1. The van der Waals surface area contributed by atoms with E-state index in [0.717, 1.165) is 43.2 Å². The first kappa shape index (κ1) is 12.0. The van der Waals surface area contributed by atoms with Crippen molar-refractivity contribution in [3.63, 3.8) is 0 Å². The van der Waals surface area contributed by atoms with Crippen LogP contribution in [-0.4, -0.2) is 33.4 Å². The average Bonchev–Trinajstić information content (AvgIpc) is 2.40. The quantitative estimate of drug-likeness (QED) is 0.867. The number of ether oxygens (including phenoxy) is 3. The fourth-order valence-electron chi connectivity index (χ4n) is 1.98. The molecule has 0 spiro atoms. The van der Waals surface area contributed by atoms with Crippen LogP contribution in [0.25, 0.3) is 0 Å². The SMILES string of the molecule is COc1ccc(OC)c(OC2CCCNC2)c1. The zero-order valence-electron chi connectivity index (χ0n) is 10.4. The van der Waals surface area contributed by atoms with Crippen LogP contribution >= 0.6 is 0 Å². The van der Waals surface area contributed by atoms with E-state index in [-0.39, 0.29) is 6.10 Å². The van der Waals surface area contributed by atoms with Crippen molar-refractivity contribution >= 4 is 0 Å². The van der Waals surface area contributed by atoms with Crippen LogP contribution in [0.1, 0.15) is 12.8 Å². The van der Waals surface area contributed by atoms with E-state index in [4.69, 9.17) is 14.2 Å². The molecule has 4 nitrogen and oxygen atoms in total. The Labute approximate surface area is 102 Å². The lowest BCUT2D eigenvalue weighted by Gasteiger charge is -2.24. The van der Waals surface area contributed by atoms with Gasteiger partial charge in [-0.3, -0.25) is 0 Å². The van der Waals surface area contributed by atoms with Crippen molar-refractivity contribution in [2.24, 2.45) is 0 Å². The van der Waals surface area contributed by atoms with Crippen LogP contribution in [0.15, 0.2) is 18.2 Å². The van der Waals surface area contributed by atoms with Crippen molar-refractivity contribution in [3.05, 3.63) is 18.2 Å². The van der Waals surface area contributed by atoms with Crippen LogP contribution in [0.3, 0.4) is 0 Å². The van der Waals surface area contributed by atoms with Gasteiger partial charge in [0.1, 0.15) is 11.9 Å². The number of hydrogen-bond donors (Lipinski definition) is 1. The van der Waals surface area contributed by atoms with Crippen molar-refractivity contribution in [1.82, 2.24) is 5.32 Å². The van der Waals surface area contributed by atoms with Crippen molar-refractivity contribution in [1.29, 1.82) is 0 Å². The molecule has 1 fully saturated rings. The Morgan fingerprint density at radius 1 is 1.18 bits per heavy atom. The Bertz CT molecular complexity index is 362. The van der Waals surface area contributed by atoms with E-state index in [1.807, 2.05) is 18.2 Å². The highest BCUT2D eigenvalue weighted by molar-refractivity contribution is 5.45. The van der Waals surface area contributed by atoms with Crippen molar-refractivity contribution in [2.75, 3.05) is 27.3 Å². The van der Waals surface area contributed by atoms with Crippen LogP contribution in [-0.2, 0) is 0 Å². The van der Waals surface area contributed by atoms with Gasteiger partial charge in [-0.15, -0.1) is 0 Å². The highest BCUT2D eigenvalue weighted by Crippen LogP contribution is 2.32. The Hall–Kier alpha value is -1.42. The Kier molecular flexibility index (Phi) is 4.09. The standard InChI is InChI=1S/C13H19NO3/c1-15-10-5-6-12(16-2)13(8-10)17-11-4-3-7-14-9-11/h5-6,8,11,14H,3-4,7,9H2,1-2H3. The maximum Gasteiger partial charge on any atom is 0.165 e. The second-order valence-corrected chi connectivity index (χ2v) is 4.10. The predicted octanol–water partition coefficient (Wildman–Crippen LogP) is 1.83. The first-order chi connectivity index (χ1) is 8.33. The van der Waals surface area contributed by atoms with Gasteiger partial charge in [-0.1, -0.05) is 0 Å². The summed E-state index contributed by atoms with van der Waals surface area (Å²) >= 11 is 0. The molecule has 4 heteroatoms. The van der Waals surface area contributed by atoms with Gasteiger partial charge < -0.3 is 19.5 Å². The molecule has 2 rings (SSSR count). The Morgan fingerprint density at radius 3 is 2.71 bits per heavy atom. The van der Waals surface area contributed by atoms with Gasteiger partial charge in [-0.05, 0) is 31.5 Å². The van der Waals surface area contributed by atoms with Crippen molar-refractivity contribution in [2.45, 2.75) is 18.9 Å². The van der Waals surface area contributed by atoms with Gasteiger partial charge in [0.2, 0.25) is 0 Å².